The number of halogens is 1. The predicted molar refractivity (Wildman–Crippen MR) is 128 cm³/mol. The van der Waals surface area contributed by atoms with E-state index in [1.807, 2.05) is 16.8 Å². The summed E-state index contributed by atoms with van der Waals surface area (Å²) in [6.45, 7) is 4.05. The van der Waals surface area contributed by atoms with Crippen LogP contribution < -0.4 is 4.90 Å². The van der Waals surface area contributed by atoms with E-state index < -0.39 is 0 Å². The molecule has 6 rings (SSSR count). The lowest BCUT2D eigenvalue weighted by Crippen LogP contribution is -2.25. The van der Waals surface area contributed by atoms with E-state index in [1.54, 1.807) is 6.33 Å². The zero-order valence-corrected chi connectivity index (χ0v) is 18.9. The van der Waals surface area contributed by atoms with Crippen LogP contribution in [0.5, 0.6) is 0 Å². The molecule has 0 amide bonds. The fourth-order valence-corrected chi connectivity index (χ4v) is 5.24. The molecule has 0 radical (unpaired) electrons. The molecule has 33 heavy (non-hydrogen) atoms. The minimum Gasteiger partial charge on any atom is -0.371 e. The molecule has 0 aliphatic carbocycles. The summed E-state index contributed by atoms with van der Waals surface area (Å²) in [5.74, 6) is 1.30. The van der Waals surface area contributed by atoms with Crippen LogP contribution in [0, 0.1) is 11.7 Å². The maximum atomic E-state index is 13.4. The van der Waals surface area contributed by atoms with Gasteiger partial charge in [0.15, 0.2) is 5.82 Å². The van der Waals surface area contributed by atoms with E-state index in [4.69, 9.17) is 0 Å². The smallest absolute Gasteiger partial charge is 0.179 e. The minimum absolute atomic E-state index is 0.226. The van der Waals surface area contributed by atoms with Gasteiger partial charge in [-0.25, -0.2) is 14.1 Å². The Bertz CT molecular complexity index is 1300. The summed E-state index contributed by atoms with van der Waals surface area (Å²) in [4.78, 5) is 9.35. The van der Waals surface area contributed by atoms with Crippen LogP contribution >= 0.6 is 0 Å². The SMILES string of the molecule is CN(C)C[C@@H]1CCN(c2ccc3c(c2)Cn2cc(-c4ccc(F)cc4)cc2-c2ncnn2-3)C1. The third-order valence-corrected chi connectivity index (χ3v) is 6.76. The first-order chi connectivity index (χ1) is 16.0. The van der Waals surface area contributed by atoms with Crippen LogP contribution in [0.25, 0.3) is 28.3 Å². The summed E-state index contributed by atoms with van der Waals surface area (Å²) in [5, 5.41) is 4.55. The summed E-state index contributed by atoms with van der Waals surface area (Å²) >= 11 is 0. The zero-order chi connectivity index (χ0) is 22.5. The van der Waals surface area contributed by atoms with Gasteiger partial charge in [-0.2, -0.15) is 5.10 Å². The summed E-state index contributed by atoms with van der Waals surface area (Å²) in [6, 6.07) is 15.5. The number of nitrogens with zero attached hydrogens (tertiary/aromatic N) is 6. The van der Waals surface area contributed by atoms with E-state index in [-0.39, 0.29) is 5.82 Å². The Morgan fingerprint density at radius 3 is 2.73 bits per heavy atom. The molecule has 1 saturated heterocycles. The van der Waals surface area contributed by atoms with Crippen LogP contribution in [0.1, 0.15) is 12.0 Å². The maximum absolute atomic E-state index is 13.4. The molecule has 2 aliphatic heterocycles. The van der Waals surface area contributed by atoms with E-state index in [1.165, 1.54) is 29.8 Å². The topological polar surface area (TPSA) is 42.1 Å². The molecular weight excluding hydrogens is 415 g/mol. The Labute approximate surface area is 192 Å². The first-order valence-corrected chi connectivity index (χ1v) is 11.4. The second-order valence-electron chi connectivity index (χ2n) is 9.42. The Kier molecular flexibility index (Phi) is 4.80. The lowest BCUT2D eigenvalue weighted by Gasteiger charge is -2.21. The van der Waals surface area contributed by atoms with Gasteiger partial charge in [0, 0.05) is 43.6 Å². The molecule has 4 heterocycles. The quantitative estimate of drug-likeness (QED) is 0.416. The first kappa shape index (κ1) is 20.2. The van der Waals surface area contributed by atoms with Gasteiger partial charge < -0.3 is 14.4 Å². The van der Waals surface area contributed by atoms with Gasteiger partial charge in [-0.1, -0.05) is 12.1 Å². The molecule has 2 aromatic carbocycles. The standard InChI is InChI=1S/C26H27FN6/c1-30(2)13-18-9-10-31(14-18)23-7-8-24-21(11-23)16-32-15-20(19-3-5-22(27)6-4-19)12-25(32)26-28-17-29-33(24)26/h3-8,11-12,15,17-18H,9-10,13-14,16H2,1-2H3/t18-/m0/s1. The fourth-order valence-electron chi connectivity index (χ4n) is 5.24. The van der Waals surface area contributed by atoms with Crippen molar-refractivity contribution < 1.29 is 4.39 Å². The van der Waals surface area contributed by atoms with Crippen molar-refractivity contribution in [3.63, 3.8) is 0 Å². The van der Waals surface area contributed by atoms with Gasteiger partial charge >= 0.3 is 0 Å². The Balaban J connectivity index is 1.37. The molecule has 168 valence electrons. The molecule has 7 heteroatoms. The van der Waals surface area contributed by atoms with Gasteiger partial charge in [-0.3, -0.25) is 0 Å². The lowest BCUT2D eigenvalue weighted by atomic mass is 10.1. The minimum atomic E-state index is -0.226. The molecule has 2 aromatic heterocycles. The highest BCUT2D eigenvalue weighted by molar-refractivity contribution is 5.71. The number of hydrogen-bond acceptors (Lipinski definition) is 4. The van der Waals surface area contributed by atoms with Gasteiger partial charge in [0.2, 0.25) is 0 Å². The second kappa shape index (κ2) is 7.85. The molecule has 1 fully saturated rings. The maximum Gasteiger partial charge on any atom is 0.179 e. The van der Waals surface area contributed by atoms with Crippen molar-refractivity contribution in [1.29, 1.82) is 0 Å². The van der Waals surface area contributed by atoms with Crippen molar-refractivity contribution in [2.45, 2.75) is 13.0 Å². The third-order valence-electron chi connectivity index (χ3n) is 6.76. The van der Waals surface area contributed by atoms with E-state index in [0.717, 1.165) is 54.5 Å². The van der Waals surface area contributed by atoms with Gasteiger partial charge in [-0.05, 0) is 74.0 Å². The van der Waals surface area contributed by atoms with Crippen molar-refractivity contribution in [3.05, 3.63) is 72.4 Å². The fraction of sp³-hybridized carbons (Fsp3) is 0.308. The summed E-state index contributed by atoms with van der Waals surface area (Å²) in [7, 11) is 4.30. The average Bonchev–Trinajstić information content (AvgIpc) is 3.53. The van der Waals surface area contributed by atoms with Crippen LogP contribution in [-0.2, 0) is 6.54 Å². The van der Waals surface area contributed by atoms with E-state index >= 15 is 0 Å². The molecule has 0 unspecified atom stereocenters. The van der Waals surface area contributed by atoms with Crippen LogP contribution in [-0.4, -0.2) is 58.0 Å². The van der Waals surface area contributed by atoms with Crippen molar-refractivity contribution >= 4 is 5.69 Å². The molecule has 1 atom stereocenters. The largest absolute Gasteiger partial charge is 0.371 e. The number of anilines is 1. The van der Waals surface area contributed by atoms with Gasteiger partial charge in [0.05, 0.1) is 11.4 Å². The summed E-state index contributed by atoms with van der Waals surface area (Å²) < 4.78 is 17.6. The molecule has 4 aromatic rings. The Morgan fingerprint density at radius 1 is 1.06 bits per heavy atom. The Hall–Kier alpha value is -3.45. The molecule has 0 N–H and O–H groups in total. The normalized spacial score (nSPS) is 17.1. The summed E-state index contributed by atoms with van der Waals surface area (Å²) in [5.41, 5.74) is 6.60. The van der Waals surface area contributed by atoms with Crippen molar-refractivity contribution in [2.24, 2.45) is 5.92 Å². The molecule has 0 spiro atoms. The predicted octanol–water partition coefficient (Wildman–Crippen LogP) is 4.29. The second-order valence-corrected chi connectivity index (χ2v) is 9.42. The van der Waals surface area contributed by atoms with E-state index in [2.05, 4.69) is 69.0 Å². The number of fused-ring (bicyclic) bond motifs is 5. The first-order valence-electron chi connectivity index (χ1n) is 11.4. The van der Waals surface area contributed by atoms with Crippen LogP contribution in [0.3, 0.4) is 0 Å². The highest BCUT2D eigenvalue weighted by Gasteiger charge is 2.26. The van der Waals surface area contributed by atoms with E-state index in [0.29, 0.717) is 5.92 Å². The van der Waals surface area contributed by atoms with Gasteiger partial charge in [0.1, 0.15) is 12.1 Å². The number of rotatable bonds is 4. The summed E-state index contributed by atoms with van der Waals surface area (Å²) in [6.07, 6.45) is 4.97. The Morgan fingerprint density at radius 2 is 1.91 bits per heavy atom. The number of hydrogen-bond donors (Lipinski definition) is 0. The zero-order valence-electron chi connectivity index (χ0n) is 18.9. The van der Waals surface area contributed by atoms with Crippen LogP contribution in [0.15, 0.2) is 61.1 Å². The monoisotopic (exact) mass is 442 g/mol. The van der Waals surface area contributed by atoms with Crippen molar-refractivity contribution in [2.75, 3.05) is 38.6 Å². The molecule has 0 bridgehead atoms. The third kappa shape index (κ3) is 3.62. The lowest BCUT2D eigenvalue weighted by molar-refractivity contribution is 0.340. The number of benzene rings is 2. The molecule has 6 nitrogen and oxygen atoms in total. The van der Waals surface area contributed by atoms with Crippen LogP contribution in [0.4, 0.5) is 10.1 Å². The molecular formula is C26H27FN6. The van der Waals surface area contributed by atoms with Gasteiger partial charge in [0.25, 0.3) is 0 Å². The highest BCUT2D eigenvalue weighted by atomic mass is 19.1. The molecule has 2 aliphatic rings. The van der Waals surface area contributed by atoms with Crippen LogP contribution in [0.2, 0.25) is 0 Å². The van der Waals surface area contributed by atoms with Crippen molar-refractivity contribution in [1.82, 2.24) is 24.2 Å². The van der Waals surface area contributed by atoms with E-state index in [9.17, 15) is 4.39 Å². The van der Waals surface area contributed by atoms with Gasteiger partial charge in [-0.15, -0.1) is 0 Å². The molecule has 0 saturated carbocycles. The van der Waals surface area contributed by atoms with Crippen molar-refractivity contribution in [3.8, 4) is 28.3 Å². The average molecular weight is 443 g/mol. The highest BCUT2D eigenvalue weighted by Crippen LogP contribution is 2.35. The number of aromatic nitrogens is 4.